The van der Waals surface area contributed by atoms with Crippen LogP contribution >= 0.6 is 0 Å². The Morgan fingerprint density at radius 3 is 3.00 bits per heavy atom. The third-order valence-corrected chi connectivity index (χ3v) is 2.59. The van der Waals surface area contributed by atoms with Gasteiger partial charge >= 0.3 is 0 Å². The average Bonchev–Trinajstić information content (AvgIpc) is 2.37. The molecule has 0 fully saturated rings. The van der Waals surface area contributed by atoms with E-state index in [9.17, 15) is 4.39 Å². The van der Waals surface area contributed by atoms with Crippen LogP contribution in [0.5, 0.6) is 5.75 Å². The highest BCUT2D eigenvalue weighted by molar-refractivity contribution is 5.34. The molecule has 1 aromatic rings. The van der Waals surface area contributed by atoms with E-state index >= 15 is 0 Å². The Morgan fingerprint density at radius 1 is 1.44 bits per heavy atom. The predicted molar refractivity (Wildman–Crippen MR) is 73.3 cm³/mol. The molecule has 1 N–H and O–H groups in total. The van der Waals surface area contributed by atoms with E-state index in [0.717, 1.165) is 31.4 Å². The minimum Gasteiger partial charge on any atom is -0.490 e. The van der Waals surface area contributed by atoms with Crippen molar-refractivity contribution in [3.8, 4) is 5.75 Å². The Kier molecular flexibility index (Phi) is 7.11. The summed E-state index contributed by atoms with van der Waals surface area (Å²) in [7, 11) is 0. The number of unbranched alkanes of at least 4 members (excludes halogenated alkanes) is 1. The van der Waals surface area contributed by atoms with Crippen LogP contribution in [0.1, 0.15) is 31.7 Å². The average molecular weight is 251 g/mol. The Balaban J connectivity index is 2.58. The summed E-state index contributed by atoms with van der Waals surface area (Å²) in [6.07, 6.45) is 4.65. The van der Waals surface area contributed by atoms with E-state index in [2.05, 4.69) is 18.8 Å². The molecule has 0 radical (unpaired) electrons. The van der Waals surface area contributed by atoms with Crippen LogP contribution < -0.4 is 10.1 Å². The maximum atomic E-state index is 13.7. The predicted octanol–water partition coefficient (Wildman–Crippen LogP) is 3.67. The van der Waals surface area contributed by atoms with Gasteiger partial charge < -0.3 is 10.1 Å². The third-order valence-electron chi connectivity index (χ3n) is 2.59. The Morgan fingerprint density at radius 2 is 2.28 bits per heavy atom. The van der Waals surface area contributed by atoms with Gasteiger partial charge in [0.2, 0.25) is 0 Å². The first-order chi connectivity index (χ1) is 8.79. The zero-order valence-electron chi connectivity index (χ0n) is 11.0. The number of hydrogen-bond donors (Lipinski definition) is 1. The molecule has 0 aromatic heterocycles. The molecule has 0 aliphatic heterocycles. The Labute approximate surface area is 109 Å². The van der Waals surface area contributed by atoms with Crippen molar-refractivity contribution in [2.45, 2.75) is 32.7 Å². The number of ether oxygens (including phenoxy) is 1. The molecule has 2 nitrogen and oxygen atoms in total. The van der Waals surface area contributed by atoms with Crippen molar-refractivity contribution in [3.63, 3.8) is 0 Å². The molecule has 3 heteroatoms. The van der Waals surface area contributed by atoms with Gasteiger partial charge in [-0.25, -0.2) is 4.39 Å². The quantitative estimate of drug-likeness (QED) is 0.534. The van der Waals surface area contributed by atoms with Gasteiger partial charge in [0.05, 0.1) is 6.61 Å². The van der Waals surface area contributed by atoms with Crippen LogP contribution in [0.25, 0.3) is 0 Å². The normalized spacial score (nSPS) is 10.3. The van der Waals surface area contributed by atoms with Crippen molar-refractivity contribution in [1.29, 1.82) is 0 Å². The van der Waals surface area contributed by atoms with Crippen molar-refractivity contribution in [2.24, 2.45) is 0 Å². The van der Waals surface area contributed by atoms with Crippen LogP contribution in [0.3, 0.4) is 0 Å². The molecule has 100 valence electrons. The van der Waals surface area contributed by atoms with Gasteiger partial charge in [-0.1, -0.05) is 25.1 Å². The molecule has 1 aromatic carbocycles. The molecular formula is C15H22FNO. The van der Waals surface area contributed by atoms with Gasteiger partial charge in [0.25, 0.3) is 0 Å². The highest BCUT2D eigenvalue weighted by Gasteiger charge is 2.09. The van der Waals surface area contributed by atoms with Crippen LogP contribution in [-0.4, -0.2) is 13.2 Å². The molecule has 0 bridgehead atoms. The summed E-state index contributed by atoms with van der Waals surface area (Å²) in [5.41, 5.74) is 0.877. The lowest BCUT2D eigenvalue weighted by Gasteiger charge is -2.12. The van der Waals surface area contributed by atoms with E-state index in [-0.39, 0.29) is 5.82 Å². The van der Waals surface area contributed by atoms with Crippen LogP contribution in [0.15, 0.2) is 30.9 Å². The molecule has 1 rings (SSSR count). The third kappa shape index (κ3) is 4.88. The first-order valence-corrected chi connectivity index (χ1v) is 6.51. The zero-order valence-corrected chi connectivity index (χ0v) is 11.0. The highest BCUT2D eigenvalue weighted by atomic mass is 19.1. The van der Waals surface area contributed by atoms with Crippen LogP contribution in [0.4, 0.5) is 4.39 Å². The summed E-state index contributed by atoms with van der Waals surface area (Å²) in [4.78, 5) is 0. The van der Waals surface area contributed by atoms with E-state index < -0.39 is 0 Å². The fraction of sp³-hybridized carbons (Fsp3) is 0.467. The molecule has 0 aliphatic carbocycles. The lowest BCUT2D eigenvalue weighted by Crippen LogP contribution is -2.15. The first kappa shape index (κ1) is 14.7. The lowest BCUT2D eigenvalue weighted by atomic mass is 10.2. The Bertz CT molecular complexity index is 366. The van der Waals surface area contributed by atoms with Crippen LogP contribution in [0, 0.1) is 5.82 Å². The number of allylic oxidation sites excluding steroid dienone is 1. The number of para-hydroxylation sites is 1. The molecule has 0 saturated carbocycles. The van der Waals surface area contributed by atoms with Gasteiger partial charge in [0, 0.05) is 12.1 Å². The number of benzene rings is 1. The van der Waals surface area contributed by atoms with E-state index in [4.69, 9.17) is 4.74 Å². The lowest BCUT2D eigenvalue weighted by molar-refractivity contribution is 0.292. The van der Waals surface area contributed by atoms with Gasteiger partial charge in [-0.15, -0.1) is 6.58 Å². The SMILES string of the molecule is C=CCCCOc1c(F)cccc1CNCCC. The minimum absolute atomic E-state index is 0.288. The maximum Gasteiger partial charge on any atom is 0.165 e. The zero-order chi connectivity index (χ0) is 13.2. The Hall–Kier alpha value is -1.35. The van der Waals surface area contributed by atoms with Crippen LogP contribution in [0.2, 0.25) is 0 Å². The van der Waals surface area contributed by atoms with Gasteiger partial charge in [-0.3, -0.25) is 0 Å². The number of rotatable bonds is 9. The number of nitrogens with one attached hydrogen (secondary N) is 1. The molecule has 0 spiro atoms. The summed E-state index contributed by atoms with van der Waals surface area (Å²) in [5.74, 6) is 0.0922. The standard InChI is InChI=1S/C15H22FNO/c1-3-5-6-11-18-15-13(12-17-10-4-2)8-7-9-14(15)16/h3,7-9,17H,1,4-6,10-12H2,2H3. The fourth-order valence-corrected chi connectivity index (χ4v) is 1.66. The summed E-state index contributed by atoms with van der Waals surface area (Å²) in [5, 5.41) is 3.26. The second-order valence-electron chi connectivity index (χ2n) is 4.18. The molecule has 0 aliphatic rings. The van der Waals surface area contributed by atoms with Crippen LogP contribution in [-0.2, 0) is 6.54 Å². The molecular weight excluding hydrogens is 229 g/mol. The molecule has 0 saturated heterocycles. The largest absolute Gasteiger partial charge is 0.490 e. The topological polar surface area (TPSA) is 21.3 Å². The maximum absolute atomic E-state index is 13.7. The molecule has 0 amide bonds. The van der Waals surface area contributed by atoms with E-state index in [1.165, 1.54) is 6.07 Å². The minimum atomic E-state index is -0.288. The van der Waals surface area contributed by atoms with E-state index in [1.54, 1.807) is 6.07 Å². The van der Waals surface area contributed by atoms with Crippen molar-refractivity contribution >= 4 is 0 Å². The molecule has 0 unspecified atom stereocenters. The van der Waals surface area contributed by atoms with Crippen molar-refractivity contribution < 1.29 is 9.13 Å². The molecule has 0 heterocycles. The molecule has 18 heavy (non-hydrogen) atoms. The monoisotopic (exact) mass is 251 g/mol. The molecule has 0 atom stereocenters. The van der Waals surface area contributed by atoms with Crippen molar-refractivity contribution in [1.82, 2.24) is 5.32 Å². The van der Waals surface area contributed by atoms with Crippen molar-refractivity contribution in [3.05, 3.63) is 42.2 Å². The van der Waals surface area contributed by atoms with Crippen molar-refractivity contribution in [2.75, 3.05) is 13.2 Å². The number of hydrogen-bond acceptors (Lipinski definition) is 2. The number of halogens is 1. The first-order valence-electron chi connectivity index (χ1n) is 6.51. The fourth-order valence-electron chi connectivity index (χ4n) is 1.66. The summed E-state index contributed by atoms with van der Waals surface area (Å²) in [6.45, 7) is 7.84. The van der Waals surface area contributed by atoms with E-state index in [0.29, 0.717) is 18.9 Å². The summed E-state index contributed by atoms with van der Waals surface area (Å²) >= 11 is 0. The summed E-state index contributed by atoms with van der Waals surface area (Å²) in [6, 6.07) is 5.05. The van der Waals surface area contributed by atoms with Gasteiger partial charge in [-0.2, -0.15) is 0 Å². The summed E-state index contributed by atoms with van der Waals surface area (Å²) < 4.78 is 19.2. The second-order valence-corrected chi connectivity index (χ2v) is 4.18. The van der Waals surface area contributed by atoms with Gasteiger partial charge in [0.1, 0.15) is 0 Å². The van der Waals surface area contributed by atoms with Gasteiger partial charge in [0.15, 0.2) is 11.6 Å². The second kappa shape index (κ2) is 8.70. The van der Waals surface area contributed by atoms with Gasteiger partial charge in [-0.05, 0) is 31.9 Å². The van der Waals surface area contributed by atoms with E-state index in [1.807, 2.05) is 12.1 Å². The highest BCUT2D eigenvalue weighted by Crippen LogP contribution is 2.22. The smallest absolute Gasteiger partial charge is 0.165 e.